The molecular weight excluding hydrogens is 194 g/mol. The average Bonchev–Trinajstić information content (AvgIpc) is 2.04. The topological polar surface area (TPSA) is 72.0 Å². The molecule has 1 rings (SSSR count). The molecule has 0 radical (unpaired) electrons. The molecule has 0 aromatic carbocycles. The average molecular weight is 200 g/mol. The molecule has 6 heteroatoms. The fourth-order valence-corrected chi connectivity index (χ4v) is 0.762. The zero-order chi connectivity index (χ0) is 9.84. The molecule has 0 atom stereocenters. The highest BCUT2D eigenvalue weighted by Crippen LogP contribution is 2.01. The molecular formula is C7H6ClN3O2. The van der Waals surface area contributed by atoms with Gasteiger partial charge in [0.05, 0.1) is 0 Å². The number of imide groups is 1. The minimum Gasteiger partial charge on any atom is -0.291 e. The van der Waals surface area contributed by atoms with Gasteiger partial charge in [-0.25, -0.2) is 0 Å². The third-order valence-corrected chi connectivity index (χ3v) is 1.36. The van der Waals surface area contributed by atoms with Crippen LogP contribution in [-0.2, 0) is 4.79 Å². The van der Waals surface area contributed by atoms with E-state index in [2.05, 4.69) is 15.5 Å². The summed E-state index contributed by atoms with van der Waals surface area (Å²) in [5.41, 5.74) is 0.0552. The van der Waals surface area contributed by atoms with E-state index in [4.69, 9.17) is 11.6 Å². The van der Waals surface area contributed by atoms with Crippen LogP contribution in [-0.4, -0.2) is 22.0 Å². The van der Waals surface area contributed by atoms with Gasteiger partial charge < -0.3 is 0 Å². The molecule has 1 aromatic rings. The molecule has 13 heavy (non-hydrogen) atoms. The summed E-state index contributed by atoms with van der Waals surface area (Å²) in [5.74, 6) is -1.03. The summed E-state index contributed by atoms with van der Waals surface area (Å²) in [5, 5.41) is 9.18. The molecule has 1 aromatic heterocycles. The van der Waals surface area contributed by atoms with Crippen LogP contribution in [0.15, 0.2) is 12.1 Å². The highest BCUT2D eigenvalue weighted by atomic mass is 35.5. The van der Waals surface area contributed by atoms with Gasteiger partial charge in [0.25, 0.3) is 5.91 Å². The van der Waals surface area contributed by atoms with E-state index in [0.29, 0.717) is 0 Å². The van der Waals surface area contributed by atoms with Crippen molar-refractivity contribution in [1.82, 2.24) is 15.5 Å². The summed E-state index contributed by atoms with van der Waals surface area (Å²) in [7, 11) is 0. The molecule has 68 valence electrons. The van der Waals surface area contributed by atoms with Crippen LogP contribution in [0.2, 0.25) is 5.15 Å². The fraction of sp³-hybridized carbons (Fsp3) is 0.143. The number of carbonyl (C=O) groups is 2. The van der Waals surface area contributed by atoms with E-state index in [1.54, 1.807) is 0 Å². The molecule has 0 saturated carbocycles. The summed E-state index contributed by atoms with van der Waals surface area (Å²) in [6.07, 6.45) is 0. The quantitative estimate of drug-likeness (QED) is 0.711. The maximum Gasteiger partial charge on any atom is 0.278 e. The van der Waals surface area contributed by atoms with Crippen LogP contribution in [0.25, 0.3) is 0 Å². The Morgan fingerprint density at radius 2 is 2.08 bits per heavy atom. The van der Waals surface area contributed by atoms with Crippen LogP contribution in [0.4, 0.5) is 0 Å². The van der Waals surface area contributed by atoms with Crippen molar-refractivity contribution in [2.24, 2.45) is 0 Å². The third-order valence-electron chi connectivity index (χ3n) is 1.15. The van der Waals surface area contributed by atoms with E-state index < -0.39 is 11.8 Å². The van der Waals surface area contributed by atoms with Gasteiger partial charge in [-0.15, -0.1) is 10.2 Å². The standard InChI is InChI=1S/C7H6ClN3O2/c1-4(12)9-7(13)5-2-3-6(8)11-10-5/h2-3H,1H3,(H,9,12,13). The van der Waals surface area contributed by atoms with Gasteiger partial charge in [-0.1, -0.05) is 11.6 Å². The van der Waals surface area contributed by atoms with Crippen LogP contribution < -0.4 is 5.32 Å². The number of rotatable bonds is 1. The SMILES string of the molecule is CC(=O)NC(=O)c1ccc(Cl)nn1. The summed E-state index contributed by atoms with van der Waals surface area (Å²) in [6.45, 7) is 1.24. The zero-order valence-corrected chi connectivity index (χ0v) is 7.50. The number of halogens is 1. The number of aromatic nitrogens is 2. The smallest absolute Gasteiger partial charge is 0.278 e. The van der Waals surface area contributed by atoms with Gasteiger partial charge in [0.15, 0.2) is 10.8 Å². The zero-order valence-electron chi connectivity index (χ0n) is 6.74. The molecule has 1 N–H and O–H groups in total. The molecule has 0 spiro atoms. The van der Waals surface area contributed by atoms with Crippen molar-refractivity contribution in [2.75, 3.05) is 0 Å². The first-order valence-electron chi connectivity index (χ1n) is 3.41. The predicted molar refractivity (Wildman–Crippen MR) is 45.2 cm³/mol. The molecule has 1 heterocycles. The predicted octanol–water partition coefficient (Wildman–Crippen LogP) is 0.406. The molecule has 5 nitrogen and oxygen atoms in total. The van der Waals surface area contributed by atoms with Gasteiger partial charge >= 0.3 is 0 Å². The van der Waals surface area contributed by atoms with Crippen LogP contribution >= 0.6 is 11.6 Å². The monoisotopic (exact) mass is 199 g/mol. The van der Waals surface area contributed by atoms with Crippen molar-refractivity contribution in [3.8, 4) is 0 Å². The summed E-state index contributed by atoms with van der Waals surface area (Å²) < 4.78 is 0. The molecule has 0 fully saturated rings. The van der Waals surface area contributed by atoms with Gasteiger partial charge in [0.2, 0.25) is 5.91 Å². The third kappa shape index (κ3) is 2.79. The van der Waals surface area contributed by atoms with Gasteiger partial charge in [0.1, 0.15) is 0 Å². The van der Waals surface area contributed by atoms with Crippen molar-refractivity contribution < 1.29 is 9.59 Å². The first-order chi connectivity index (χ1) is 6.09. The van der Waals surface area contributed by atoms with E-state index in [0.717, 1.165) is 0 Å². The lowest BCUT2D eigenvalue weighted by Crippen LogP contribution is -2.28. The van der Waals surface area contributed by atoms with E-state index in [1.165, 1.54) is 19.1 Å². The Bertz CT molecular complexity index is 336. The minimum atomic E-state index is -0.586. The highest BCUT2D eigenvalue weighted by Gasteiger charge is 2.08. The van der Waals surface area contributed by atoms with Crippen LogP contribution in [0.5, 0.6) is 0 Å². The van der Waals surface area contributed by atoms with Gasteiger partial charge in [-0.3, -0.25) is 14.9 Å². The Morgan fingerprint density at radius 3 is 2.54 bits per heavy atom. The summed E-state index contributed by atoms with van der Waals surface area (Å²) in [6, 6.07) is 2.80. The Balaban J connectivity index is 2.78. The Kier molecular flexibility index (Phi) is 2.92. The highest BCUT2D eigenvalue weighted by molar-refractivity contribution is 6.29. The summed E-state index contributed by atoms with van der Waals surface area (Å²) in [4.78, 5) is 21.6. The first-order valence-corrected chi connectivity index (χ1v) is 3.78. The van der Waals surface area contributed by atoms with Crippen molar-refractivity contribution >= 4 is 23.4 Å². The van der Waals surface area contributed by atoms with Gasteiger partial charge in [-0.05, 0) is 12.1 Å². The number of hydrogen-bond donors (Lipinski definition) is 1. The molecule has 0 unspecified atom stereocenters. The number of nitrogens with zero attached hydrogens (tertiary/aromatic N) is 2. The van der Waals surface area contributed by atoms with E-state index in [1.807, 2.05) is 0 Å². The fourth-order valence-electron chi connectivity index (χ4n) is 0.661. The van der Waals surface area contributed by atoms with Crippen molar-refractivity contribution in [1.29, 1.82) is 0 Å². The van der Waals surface area contributed by atoms with Gasteiger partial charge in [0, 0.05) is 6.92 Å². The first kappa shape index (κ1) is 9.60. The molecule has 2 amide bonds. The van der Waals surface area contributed by atoms with E-state index >= 15 is 0 Å². The van der Waals surface area contributed by atoms with E-state index in [9.17, 15) is 9.59 Å². The minimum absolute atomic E-state index is 0.0552. The normalized spacial score (nSPS) is 9.38. The second-order valence-electron chi connectivity index (χ2n) is 2.25. The largest absolute Gasteiger partial charge is 0.291 e. The number of hydrogen-bond acceptors (Lipinski definition) is 4. The second-order valence-corrected chi connectivity index (χ2v) is 2.64. The maximum absolute atomic E-state index is 11.1. The number of nitrogens with one attached hydrogen (secondary N) is 1. The Hall–Kier alpha value is -1.49. The molecule has 0 saturated heterocycles. The van der Waals surface area contributed by atoms with Crippen LogP contribution in [0.3, 0.4) is 0 Å². The van der Waals surface area contributed by atoms with Crippen LogP contribution in [0.1, 0.15) is 17.4 Å². The molecule has 0 bridgehead atoms. The van der Waals surface area contributed by atoms with Gasteiger partial charge in [-0.2, -0.15) is 0 Å². The lowest BCUT2D eigenvalue weighted by molar-refractivity contribution is -0.118. The molecule has 0 aliphatic heterocycles. The summed E-state index contributed by atoms with van der Waals surface area (Å²) >= 11 is 5.45. The number of amides is 2. The maximum atomic E-state index is 11.1. The lowest BCUT2D eigenvalue weighted by Gasteiger charge is -1.98. The van der Waals surface area contributed by atoms with Crippen molar-refractivity contribution in [3.63, 3.8) is 0 Å². The van der Waals surface area contributed by atoms with Crippen molar-refractivity contribution in [2.45, 2.75) is 6.92 Å². The molecule has 0 aliphatic rings. The Morgan fingerprint density at radius 1 is 1.38 bits per heavy atom. The lowest BCUT2D eigenvalue weighted by atomic mass is 10.4. The second kappa shape index (κ2) is 3.95. The van der Waals surface area contributed by atoms with Crippen molar-refractivity contribution in [3.05, 3.63) is 23.0 Å². The van der Waals surface area contributed by atoms with E-state index in [-0.39, 0.29) is 10.8 Å². The Labute approximate surface area is 79.1 Å². The molecule has 0 aliphatic carbocycles. The number of carbonyl (C=O) groups excluding carboxylic acids is 2. The van der Waals surface area contributed by atoms with Crippen LogP contribution in [0, 0.1) is 0 Å².